The summed E-state index contributed by atoms with van der Waals surface area (Å²) in [5.41, 5.74) is 2.03. The minimum Gasteiger partial charge on any atom is -0.350 e. The lowest BCUT2D eigenvalue weighted by atomic mass is 9.95. The Bertz CT molecular complexity index is 1050. The molecule has 9 nitrogen and oxygen atoms in total. The molecule has 0 spiro atoms. The smallest absolute Gasteiger partial charge is 0.272 e. The first-order valence-electron chi connectivity index (χ1n) is 11.0. The summed E-state index contributed by atoms with van der Waals surface area (Å²) in [5.74, 6) is -0.620. The maximum absolute atomic E-state index is 13.1. The monoisotopic (exact) mass is 437 g/mol. The molecule has 2 unspecified atom stereocenters. The highest BCUT2D eigenvalue weighted by molar-refractivity contribution is 5.94. The number of aromatic nitrogens is 2. The molecule has 168 valence electrons. The first-order valence-corrected chi connectivity index (χ1v) is 11.0. The Labute approximate surface area is 186 Å². The van der Waals surface area contributed by atoms with Gasteiger partial charge in [0, 0.05) is 6.08 Å². The molecule has 2 saturated heterocycles. The second-order valence-electron chi connectivity index (χ2n) is 8.04. The van der Waals surface area contributed by atoms with Gasteiger partial charge in [-0.3, -0.25) is 24.2 Å². The van der Waals surface area contributed by atoms with Crippen LogP contribution in [0.2, 0.25) is 0 Å². The molecular formula is C23H27N5O4. The van der Waals surface area contributed by atoms with Gasteiger partial charge in [-0.25, -0.2) is 4.98 Å². The number of benzene rings is 1. The number of fused-ring (bicyclic) bond motifs is 2. The van der Waals surface area contributed by atoms with E-state index in [-0.39, 0.29) is 24.9 Å². The van der Waals surface area contributed by atoms with E-state index in [1.165, 1.54) is 16.0 Å². The number of para-hydroxylation sites is 2. The number of carbonyl (C=O) groups excluding carboxylic acids is 3. The van der Waals surface area contributed by atoms with Crippen molar-refractivity contribution in [3.63, 3.8) is 0 Å². The quantitative estimate of drug-likeness (QED) is 0.692. The van der Waals surface area contributed by atoms with Crippen molar-refractivity contribution < 1.29 is 19.2 Å². The number of piperazine rings is 1. The highest BCUT2D eigenvalue weighted by Crippen LogP contribution is 2.27. The molecule has 1 aromatic heterocycles. The highest BCUT2D eigenvalue weighted by Gasteiger charge is 2.46. The van der Waals surface area contributed by atoms with E-state index in [9.17, 15) is 14.4 Å². The number of nitrogens with one attached hydrogen (secondary N) is 1. The minimum absolute atomic E-state index is 0.0874. The van der Waals surface area contributed by atoms with Crippen LogP contribution in [-0.2, 0) is 19.2 Å². The molecule has 9 heteroatoms. The number of hydroxylamine groups is 2. The largest absolute Gasteiger partial charge is 0.350 e. The molecule has 0 aliphatic carbocycles. The van der Waals surface area contributed by atoms with Crippen molar-refractivity contribution in [1.82, 2.24) is 25.2 Å². The second-order valence-corrected chi connectivity index (χ2v) is 8.04. The summed E-state index contributed by atoms with van der Waals surface area (Å²) in [6.45, 7) is 4.16. The number of hydrogen-bond donors (Lipinski definition) is 1. The summed E-state index contributed by atoms with van der Waals surface area (Å²) in [6, 6.07) is 7.48. The maximum atomic E-state index is 13.1. The normalized spacial score (nSPS) is 21.3. The molecule has 0 radical (unpaired) electrons. The zero-order chi connectivity index (χ0) is 22.7. The van der Waals surface area contributed by atoms with Crippen molar-refractivity contribution in [1.29, 1.82) is 0 Å². The van der Waals surface area contributed by atoms with Crippen molar-refractivity contribution in [2.75, 3.05) is 13.1 Å². The van der Waals surface area contributed by atoms with Crippen LogP contribution in [0.4, 0.5) is 0 Å². The Balaban J connectivity index is 1.55. The number of rotatable bonds is 6. The van der Waals surface area contributed by atoms with E-state index < -0.39 is 18.2 Å². The summed E-state index contributed by atoms with van der Waals surface area (Å²) in [4.78, 5) is 54.2. The number of carbonyl (C=O) groups is 3. The van der Waals surface area contributed by atoms with Gasteiger partial charge in [0.05, 0.1) is 29.5 Å². The van der Waals surface area contributed by atoms with Crippen molar-refractivity contribution >= 4 is 34.8 Å². The summed E-state index contributed by atoms with van der Waals surface area (Å²) in [7, 11) is 0. The fraction of sp³-hybridized carbons (Fsp3) is 0.435. The van der Waals surface area contributed by atoms with Gasteiger partial charge in [0.2, 0.25) is 5.91 Å². The fourth-order valence-corrected chi connectivity index (χ4v) is 4.05. The SMILES string of the molecule is CCC(CC)CC1ON(C(=O)/C=C/c2cnc3ccccc3n2)C2CNC(=O)CN2C1=O. The van der Waals surface area contributed by atoms with E-state index in [0.29, 0.717) is 18.0 Å². The third kappa shape index (κ3) is 4.47. The van der Waals surface area contributed by atoms with Crippen molar-refractivity contribution in [2.24, 2.45) is 5.92 Å². The lowest BCUT2D eigenvalue weighted by Gasteiger charge is -2.47. The van der Waals surface area contributed by atoms with Crippen molar-refractivity contribution in [3.05, 3.63) is 42.2 Å². The van der Waals surface area contributed by atoms with Gasteiger partial charge in [-0.15, -0.1) is 0 Å². The predicted molar refractivity (Wildman–Crippen MR) is 117 cm³/mol. The van der Waals surface area contributed by atoms with Crippen LogP contribution >= 0.6 is 0 Å². The van der Waals surface area contributed by atoms with Crippen molar-refractivity contribution in [2.45, 2.75) is 45.4 Å². The van der Waals surface area contributed by atoms with Crippen LogP contribution in [0.15, 0.2) is 36.5 Å². The van der Waals surface area contributed by atoms with E-state index in [1.54, 1.807) is 12.3 Å². The van der Waals surface area contributed by atoms with Gasteiger partial charge in [0.25, 0.3) is 11.8 Å². The molecule has 0 bridgehead atoms. The summed E-state index contributed by atoms with van der Waals surface area (Å²) in [5, 5.41) is 3.91. The molecule has 1 N–H and O–H groups in total. The standard InChI is InChI=1S/C23H27N5O4/c1-3-15(4-2)11-19-23(31)27-14-20(29)25-13-21(27)28(32-19)22(30)10-9-16-12-24-17-7-5-6-8-18(17)26-16/h5-10,12,15,19,21H,3-4,11,13-14H2,1-2H3,(H,25,29)/b10-9+. The molecule has 2 aromatic rings. The Morgan fingerprint density at radius 3 is 2.75 bits per heavy atom. The molecule has 3 heterocycles. The molecule has 2 fully saturated rings. The predicted octanol–water partition coefficient (Wildman–Crippen LogP) is 1.90. The van der Waals surface area contributed by atoms with Gasteiger partial charge in [0.1, 0.15) is 6.54 Å². The summed E-state index contributed by atoms with van der Waals surface area (Å²) < 4.78 is 0. The van der Waals surface area contributed by atoms with E-state index in [4.69, 9.17) is 4.84 Å². The van der Waals surface area contributed by atoms with Crippen LogP contribution in [0.3, 0.4) is 0 Å². The summed E-state index contributed by atoms with van der Waals surface area (Å²) >= 11 is 0. The van der Waals surface area contributed by atoms with E-state index in [1.807, 2.05) is 24.3 Å². The molecule has 3 amide bonds. The van der Waals surface area contributed by atoms with Crippen LogP contribution in [0, 0.1) is 5.92 Å². The van der Waals surface area contributed by atoms with Gasteiger partial charge in [-0.2, -0.15) is 5.06 Å². The van der Waals surface area contributed by atoms with E-state index >= 15 is 0 Å². The average molecular weight is 438 g/mol. The first kappa shape index (κ1) is 21.9. The lowest BCUT2D eigenvalue weighted by Crippen LogP contribution is -2.69. The lowest BCUT2D eigenvalue weighted by molar-refractivity contribution is -0.264. The van der Waals surface area contributed by atoms with Gasteiger partial charge >= 0.3 is 0 Å². The maximum Gasteiger partial charge on any atom is 0.272 e. The van der Waals surface area contributed by atoms with Gasteiger partial charge < -0.3 is 10.2 Å². The zero-order valence-corrected chi connectivity index (χ0v) is 18.2. The zero-order valence-electron chi connectivity index (χ0n) is 18.2. The van der Waals surface area contributed by atoms with Crippen LogP contribution < -0.4 is 5.32 Å². The van der Waals surface area contributed by atoms with Gasteiger partial charge in [-0.05, 0) is 30.5 Å². The molecule has 2 atom stereocenters. The Morgan fingerprint density at radius 1 is 1.25 bits per heavy atom. The highest BCUT2D eigenvalue weighted by atomic mass is 16.7. The topological polar surface area (TPSA) is 105 Å². The number of hydrogen-bond acceptors (Lipinski definition) is 6. The van der Waals surface area contributed by atoms with Crippen LogP contribution in [0.1, 0.15) is 38.8 Å². The molecular weight excluding hydrogens is 410 g/mol. The molecule has 32 heavy (non-hydrogen) atoms. The minimum atomic E-state index is -0.792. The molecule has 2 aliphatic heterocycles. The van der Waals surface area contributed by atoms with Crippen LogP contribution in [0.5, 0.6) is 0 Å². The molecule has 1 aromatic carbocycles. The van der Waals surface area contributed by atoms with Crippen LogP contribution in [0.25, 0.3) is 17.1 Å². The van der Waals surface area contributed by atoms with Crippen LogP contribution in [-0.4, -0.2) is 63.0 Å². The molecule has 4 rings (SSSR count). The second kappa shape index (κ2) is 9.44. The third-order valence-corrected chi connectivity index (χ3v) is 6.01. The van der Waals surface area contributed by atoms with Crippen molar-refractivity contribution in [3.8, 4) is 0 Å². The number of amides is 3. The average Bonchev–Trinajstić information content (AvgIpc) is 2.82. The van der Waals surface area contributed by atoms with E-state index in [2.05, 4.69) is 29.1 Å². The Kier molecular flexibility index (Phi) is 6.45. The number of nitrogens with zero attached hydrogens (tertiary/aromatic N) is 4. The molecule has 0 saturated carbocycles. The Morgan fingerprint density at radius 2 is 2.00 bits per heavy atom. The first-order chi connectivity index (χ1) is 15.5. The Hall–Kier alpha value is -3.33. The molecule has 2 aliphatic rings. The van der Waals surface area contributed by atoms with E-state index in [0.717, 1.165) is 23.9 Å². The fourth-order valence-electron chi connectivity index (χ4n) is 4.05. The van der Waals surface area contributed by atoms with Gasteiger partial charge in [0.15, 0.2) is 12.3 Å². The third-order valence-electron chi connectivity index (χ3n) is 6.01. The van der Waals surface area contributed by atoms with Gasteiger partial charge in [-0.1, -0.05) is 38.8 Å². The summed E-state index contributed by atoms with van der Waals surface area (Å²) in [6.07, 6.45) is 5.36.